The summed E-state index contributed by atoms with van der Waals surface area (Å²) in [5.74, 6) is -0.899. The summed E-state index contributed by atoms with van der Waals surface area (Å²) in [5, 5.41) is -0.226. The Morgan fingerprint density at radius 2 is 1.74 bits per heavy atom. The number of piperazine rings is 1. The van der Waals surface area contributed by atoms with E-state index in [1.165, 1.54) is 23.5 Å². The van der Waals surface area contributed by atoms with Gasteiger partial charge in [0.1, 0.15) is 5.82 Å². The molecule has 0 bridgehead atoms. The lowest BCUT2D eigenvalue weighted by molar-refractivity contribution is 0.181. The summed E-state index contributed by atoms with van der Waals surface area (Å²) in [7, 11) is -2.33. The first-order valence-corrected chi connectivity index (χ1v) is 10.1. The van der Waals surface area contributed by atoms with Crippen molar-refractivity contribution >= 4 is 21.6 Å². The molecule has 0 unspecified atom stereocenters. The number of benzene rings is 2. The fourth-order valence-electron chi connectivity index (χ4n) is 2.98. The van der Waals surface area contributed by atoms with E-state index < -0.39 is 21.7 Å². The van der Waals surface area contributed by atoms with Crippen LogP contribution in [0.2, 0.25) is 5.02 Å². The van der Waals surface area contributed by atoms with E-state index in [1.54, 1.807) is 12.1 Å². The molecule has 146 valence electrons. The quantitative estimate of drug-likeness (QED) is 0.751. The molecule has 1 aliphatic heterocycles. The molecule has 0 N–H and O–H groups in total. The number of nitrogens with zero attached hydrogens (tertiary/aromatic N) is 2. The number of halogens is 3. The number of ether oxygens (including phenoxy) is 1. The van der Waals surface area contributed by atoms with Gasteiger partial charge in [-0.15, -0.1) is 0 Å². The van der Waals surface area contributed by atoms with Crippen LogP contribution < -0.4 is 4.74 Å². The SMILES string of the molecule is COc1ccc(CN2CCN(S(=O)(=O)c3ccc(F)c(Cl)c3)CC2)cc1F. The van der Waals surface area contributed by atoms with Gasteiger partial charge in [-0.2, -0.15) is 4.31 Å². The molecule has 1 fully saturated rings. The third-order valence-electron chi connectivity index (χ3n) is 4.48. The summed E-state index contributed by atoms with van der Waals surface area (Å²) in [4.78, 5) is 2.02. The topological polar surface area (TPSA) is 49.9 Å². The standard InChI is InChI=1S/C18H19ClF2N2O3S/c1-26-18-5-2-13(10-17(18)21)12-22-6-8-23(9-7-22)27(24,25)14-3-4-16(20)15(19)11-14/h2-5,10-11H,6-9,12H2,1H3. The molecule has 2 aromatic rings. The molecule has 27 heavy (non-hydrogen) atoms. The molecule has 9 heteroatoms. The van der Waals surface area contributed by atoms with Crippen molar-refractivity contribution in [1.82, 2.24) is 9.21 Å². The molecule has 0 amide bonds. The van der Waals surface area contributed by atoms with Gasteiger partial charge in [0.15, 0.2) is 11.6 Å². The molecule has 3 rings (SSSR count). The van der Waals surface area contributed by atoms with E-state index in [9.17, 15) is 17.2 Å². The van der Waals surface area contributed by atoms with Gasteiger partial charge < -0.3 is 4.74 Å². The Morgan fingerprint density at radius 1 is 1.04 bits per heavy atom. The van der Waals surface area contributed by atoms with Crippen LogP contribution >= 0.6 is 11.6 Å². The summed E-state index contributed by atoms with van der Waals surface area (Å²) in [5.41, 5.74) is 0.787. The molecular formula is C18H19ClF2N2O3S. The number of methoxy groups -OCH3 is 1. The number of rotatable bonds is 5. The molecule has 0 spiro atoms. The number of hydrogen-bond donors (Lipinski definition) is 0. The van der Waals surface area contributed by atoms with Crippen molar-refractivity contribution < 1.29 is 21.9 Å². The van der Waals surface area contributed by atoms with Crippen LogP contribution in [0.4, 0.5) is 8.78 Å². The van der Waals surface area contributed by atoms with E-state index >= 15 is 0 Å². The van der Waals surface area contributed by atoms with Gasteiger partial charge in [0.2, 0.25) is 10.0 Å². The zero-order valence-corrected chi connectivity index (χ0v) is 16.2. The monoisotopic (exact) mass is 416 g/mol. The van der Waals surface area contributed by atoms with Crippen molar-refractivity contribution in [2.75, 3.05) is 33.3 Å². The second kappa shape index (κ2) is 8.10. The summed E-state index contributed by atoms with van der Waals surface area (Å²) < 4.78 is 58.7. The molecule has 0 aliphatic carbocycles. The minimum atomic E-state index is -3.73. The van der Waals surface area contributed by atoms with Crippen molar-refractivity contribution in [3.63, 3.8) is 0 Å². The van der Waals surface area contributed by atoms with Crippen molar-refractivity contribution in [2.45, 2.75) is 11.4 Å². The Bertz CT molecular complexity index is 932. The van der Waals surface area contributed by atoms with E-state index in [0.717, 1.165) is 17.7 Å². The van der Waals surface area contributed by atoms with Gasteiger partial charge in [0.25, 0.3) is 0 Å². The average molecular weight is 417 g/mol. The zero-order valence-electron chi connectivity index (χ0n) is 14.7. The van der Waals surface area contributed by atoms with Gasteiger partial charge in [-0.05, 0) is 35.9 Å². The van der Waals surface area contributed by atoms with Crippen LogP contribution in [0.1, 0.15) is 5.56 Å². The summed E-state index contributed by atoms with van der Waals surface area (Å²) in [6.45, 7) is 2.09. The minimum Gasteiger partial charge on any atom is -0.494 e. The lowest BCUT2D eigenvalue weighted by atomic mass is 10.2. The Balaban J connectivity index is 1.64. The predicted octanol–water partition coefficient (Wildman–Crippen LogP) is 3.13. The molecule has 0 radical (unpaired) electrons. The van der Waals surface area contributed by atoms with Gasteiger partial charge in [-0.3, -0.25) is 4.90 Å². The molecule has 1 heterocycles. The van der Waals surface area contributed by atoms with Crippen molar-refractivity contribution in [3.05, 3.63) is 58.6 Å². The molecule has 0 saturated carbocycles. The highest BCUT2D eigenvalue weighted by atomic mass is 35.5. The normalized spacial score (nSPS) is 16.4. The van der Waals surface area contributed by atoms with Crippen LogP contribution in [0, 0.1) is 11.6 Å². The maximum atomic E-state index is 13.8. The minimum absolute atomic E-state index is 0.0282. The van der Waals surface area contributed by atoms with Crippen LogP contribution in [-0.4, -0.2) is 50.9 Å². The first-order valence-electron chi connectivity index (χ1n) is 8.31. The second-order valence-corrected chi connectivity index (χ2v) is 8.57. The molecular weight excluding hydrogens is 398 g/mol. The van der Waals surface area contributed by atoms with Crippen LogP contribution in [-0.2, 0) is 16.6 Å². The van der Waals surface area contributed by atoms with Crippen LogP contribution in [0.3, 0.4) is 0 Å². The van der Waals surface area contributed by atoms with Crippen molar-refractivity contribution in [1.29, 1.82) is 0 Å². The lowest BCUT2D eigenvalue weighted by Gasteiger charge is -2.34. The fourth-order valence-corrected chi connectivity index (χ4v) is 4.67. The largest absolute Gasteiger partial charge is 0.494 e. The maximum absolute atomic E-state index is 13.8. The molecule has 5 nitrogen and oxygen atoms in total. The van der Waals surface area contributed by atoms with E-state index in [-0.39, 0.29) is 28.8 Å². The molecule has 1 saturated heterocycles. The van der Waals surface area contributed by atoms with Gasteiger partial charge in [0.05, 0.1) is 17.0 Å². The van der Waals surface area contributed by atoms with Gasteiger partial charge in [-0.25, -0.2) is 17.2 Å². The maximum Gasteiger partial charge on any atom is 0.243 e. The van der Waals surface area contributed by atoms with Gasteiger partial charge in [0, 0.05) is 32.7 Å². The average Bonchev–Trinajstić information content (AvgIpc) is 2.64. The first-order chi connectivity index (χ1) is 12.8. The third-order valence-corrected chi connectivity index (χ3v) is 6.67. The third kappa shape index (κ3) is 4.40. The summed E-state index contributed by atoms with van der Waals surface area (Å²) in [6.07, 6.45) is 0. The highest BCUT2D eigenvalue weighted by Crippen LogP contribution is 2.24. The number of hydrogen-bond acceptors (Lipinski definition) is 4. The first kappa shape index (κ1) is 20.0. The second-order valence-electron chi connectivity index (χ2n) is 6.23. The van der Waals surface area contributed by atoms with E-state index in [1.807, 2.05) is 4.90 Å². The number of sulfonamides is 1. The van der Waals surface area contributed by atoms with E-state index in [4.69, 9.17) is 16.3 Å². The zero-order chi connectivity index (χ0) is 19.6. The van der Waals surface area contributed by atoms with Crippen molar-refractivity contribution in [3.8, 4) is 5.75 Å². The van der Waals surface area contributed by atoms with Crippen molar-refractivity contribution in [2.24, 2.45) is 0 Å². The smallest absolute Gasteiger partial charge is 0.243 e. The molecule has 0 aromatic heterocycles. The molecule has 2 aromatic carbocycles. The van der Waals surface area contributed by atoms with Gasteiger partial charge in [-0.1, -0.05) is 17.7 Å². The Kier molecular flexibility index (Phi) is 6.00. The Morgan fingerprint density at radius 3 is 2.33 bits per heavy atom. The highest BCUT2D eigenvalue weighted by molar-refractivity contribution is 7.89. The lowest BCUT2D eigenvalue weighted by Crippen LogP contribution is -2.48. The van der Waals surface area contributed by atoms with Crippen LogP contribution in [0.25, 0.3) is 0 Å². The Labute approximate surface area is 162 Å². The van der Waals surface area contributed by atoms with E-state index in [2.05, 4.69) is 0 Å². The molecule has 0 atom stereocenters. The van der Waals surface area contributed by atoms with Gasteiger partial charge >= 0.3 is 0 Å². The van der Waals surface area contributed by atoms with Crippen LogP contribution in [0.15, 0.2) is 41.3 Å². The van der Waals surface area contributed by atoms with E-state index in [0.29, 0.717) is 19.6 Å². The molecule has 1 aliphatic rings. The Hall–Kier alpha value is -1.74. The fraction of sp³-hybridized carbons (Fsp3) is 0.333. The predicted molar refractivity (Wildman–Crippen MR) is 98.4 cm³/mol. The van der Waals surface area contributed by atoms with Crippen LogP contribution in [0.5, 0.6) is 5.75 Å². The highest BCUT2D eigenvalue weighted by Gasteiger charge is 2.29. The summed E-state index contributed by atoms with van der Waals surface area (Å²) in [6, 6.07) is 8.16. The summed E-state index contributed by atoms with van der Waals surface area (Å²) >= 11 is 5.70.